The third-order valence-electron chi connectivity index (χ3n) is 4.39. The lowest BCUT2D eigenvalue weighted by atomic mass is 10.0. The van der Waals surface area contributed by atoms with Crippen LogP contribution in [0.4, 0.5) is 22.0 Å². The van der Waals surface area contributed by atoms with Crippen LogP contribution in [0.1, 0.15) is 29.0 Å². The minimum absolute atomic E-state index is 0.0207. The summed E-state index contributed by atoms with van der Waals surface area (Å²) in [7, 11) is 1.27. The summed E-state index contributed by atoms with van der Waals surface area (Å²) in [5.74, 6) is -8.11. The van der Waals surface area contributed by atoms with Gasteiger partial charge in [-0.25, -0.2) is 27.1 Å². The Balaban J connectivity index is 2.05. The summed E-state index contributed by atoms with van der Waals surface area (Å²) >= 11 is 0. The van der Waals surface area contributed by atoms with Crippen molar-refractivity contribution >= 4 is 16.7 Å². The van der Waals surface area contributed by atoms with Crippen molar-refractivity contribution in [2.24, 2.45) is 0 Å². The summed E-state index contributed by atoms with van der Waals surface area (Å²) < 4.78 is 67.0. The van der Waals surface area contributed by atoms with E-state index >= 15 is 0 Å². The highest BCUT2D eigenvalue weighted by molar-refractivity contribution is 5.94. The molecule has 0 aliphatic heterocycles. The molecule has 0 unspecified atom stereocenters. The van der Waals surface area contributed by atoms with Gasteiger partial charge in [-0.1, -0.05) is 0 Å². The minimum Gasteiger partial charge on any atom is -0.333 e. The van der Waals surface area contributed by atoms with Crippen molar-refractivity contribution in [3.63, 3.8) is 0 Å². The number of carbonyl (C=O) groups is 1. The van der Waals surface area contributed by atoms with Crippen LogP contribution in [0.25, 0.3) is 10.8 Å². The second kappa shape index (κ2) is 7.02. The van der Waals surface area contributed by atoms with E-state index in [-0.39, 0.29) is 16.5 Å². The molecule has 1 heterocycles. The van der Waals surface area contributed by atoms with Crippen molar-refractivity contribution in [3.8, 4) is 0 Å². The Kier molecular flexibility index (Phi) is 4.88. The quantitative estimate of drug-likeness (QED) is 0.544. The van der Waals surface area contributed by atoms with Gasteiger partial charge in [0.25, 0.3) is 11.5 Å². The number of rotatable bonds is 3. The molecular weight excluding hydrogens is 385 g/mol. The zero-order valence-corrected chi connectivity index (χ0v) is 14.5. The number of benzene rings is 2. The molecule has 0 saturated carbocycles. The lowest BCUT2D eigenvalue weighted by Crippen LogP contribution is -2.31. The van der Waals surface area contributed by atoms with E-state index in [1.54, 1.807) is 0 Å². The standard InChI is InChI=1S/C18H12F5N3O2/c1-7(26(2)18(28)8-3-13(21)15(23)14(22)4-8)16-9-5-11(19)12(20)6-10(9)17(27)25-24-16/h3-7H,1-2H3,(H,25,27)/t7-/m0/s1. The van der Waals surface area contributed by atoms with E-state index < -0.39 is 52.2 Å². The van der Waals surface area contributed by atoms with Gasteiger partial charge in [-0.05, 0) is 31.2 Å². The maximum atomic E-state index is 13.7. The summed E-state index contributed by atoms with van der Waals surface area (Å²) in [6.45, 7) is 1.45. The Labute approximate surface area is 154 Å². The molecule has 5 nitrogen and oxygen atoms in total. The number of hydrogen-bond donors (Lipinski definition) is 1. The molecule has 3 rings (SSSR count). The van der Waals surface area contributed by atoms with E-state index in [4.69, 9.17) is 0 Å². The molecule has 3 aromatic rings. The van der Waals surface area contributed by atoms with Crippen molar-refractivity contribution < 1.29 is 26.7 Å². The van der Waals surface area contributed by atoms with Crippen molar-refractivity contribution in [2.45, 2.75) is 13.0 Å². The normalized spacial score (nSPS) is 12.2. The summed E-state index contributed by atoms with van der Waals surface area (Å²) in [6, 6.07) is 1.63. The number of aromatic nitrogens is 2. The van der Waals surface area contributed by atoms with Gasteiger partial charge in [0.05, 0.1) is 17.1 Å². The molecule has 28 heavy (non-hydrogen) atoms. The average molecular weight is 397 g/mol. The molecule has 1 amide bonds. The fourth-order valence-corrected chi connectivity index (χ4v) is 2.74. The van der Waals surface area contributed by atoms with E-state index in [1.165, 1.54) is 14.0 Å². The van der Waals surface area contributed by atoms with E-state index in [2.05, 4.69) is 10.2 Å². The molecule has 0 aliphatic rings. The van der Waals surface area contributed by atoms with Gasteiger partial charge in [0.2, 0.25) is 0 Å². The molecule has 0 spiro atoms. The van der Waals surface area contributed by atoms with Crippen LogP contribution >= 0.6 is 0 Å². The molecule has 0 saturated heterocycles. The SMILES string of the molecule is C[C@@H](c1n[nH]c(=O)c2cc(F)c(F)cc12)N(C)C(=O)c1cc(F)c(F)c(F)c1. The topological polar surface area (TPSA) is 66.1 Å². The first-order valence-corrected chi connectivity index (χ1v) is 7.90. The number of hydrogen-bond acceptors (Lipinski definition) is 3. The van der Waals surface area contributed by atoms with Gasteiger partial charge in [0.1, 0.15) is 0 Å². The van der Waals surface area contributed by atoms with Crippen molar-refractivity contribution in [2.75, 3.05) is 7.05 Å². The molecule has 0 fully saturated rings. The monoisotopic (exact) mass is 397 g/mol. The molecule has 0 aliphatic carbocycles. The largest absolute Gasteiger partial charge is 0.333 e. The fraction of sp³-hybridized carbons (Fsp3) is 0.167. The summed E-state index contributed by atoms with van der Waals surface area (Å²) in [5, 5.41) is 5.70. The van der Waals surface area contributed by atoms with Crippen molar-refractivity contribution in [1.82, 2.24) is 15.1 Å². The summed E-state index contributed by atoms with van der Waals surface area (Å²) in [4.78, 5) is 25.4. The molecule has 10 heteroatoms. The van der Waals surface area contributed by atoms with E-state index in [9.17, 15) is 31.5 Å². The smallest absolute Gasteiger partial charge is 0.272 e. The number of halogens is 5. The van der Waals surface area contributed by atoms with Gasteiger partial charge >= 0.3 is 0 Å². The molecule has 1 N–H and O–H groups in total. The molecule has 1 aromatic heterocycles. The number of amides is 1. The van der Waals surface area contributed by atoms with Crippen molar-refractivity contribution in [1.29, 1.82) is 0 Å². The Morgan fingerprint density at radius 3 is 2.07 bits per heavy atom. The van der Waals surface area contributed by atoms with Gasteiger partial charge in [0.15, 0.2) is 29.1 Å². The third kappa shape index (κ3) is 3.21. The Morgan fingerprint density at radius 2 is 1.50 bits per heavy atom. The van der Waals surface area contributed by atoms with Crippen LogP contribution in [0.15, 0.2) is 29.1 Å². The Bertz CT molecular complexity index is 1140. The number of nitrogens with zero attached hydrogens (tertiary/aromatic N) is 2. The number of aromatic amines is 1. The summed E-state index contributed by atoms with van der Waals surface area (Å²) in [6.07, 6.45) is 0. The zero-order valence-electron chi connectivity index (χ0n) is 14.5. The van der Waals surface area contributed by atoms with Gasteiger partial charge in [-0.3, -0.25) is 9.59 Å². The fourth-order valence-electron chi connectivity index (χ4n) is 2.74. The number of carbonyl (C=O) groups excluding carboxylic acids is 1. The summed E-state index contributed by atoms with van der Waals surface area (Å²) in [5.41, 5.74) is -1.20. The molecule has 2 aromatic carbocycles. The van der Waals surface area contributed by atoms with Crippen LogP contribution in [0.5, 0.6) is 0 Å². The van der Waals surface area contributed by atoms with Crippen LogP contribution < -0.4 is 5.56 Å². The predicted molar refractivity (Wildman–Crippen MR) is 89.1 cm³/mol. The van der Waals surface area contributed by atoms with Gasteiger partial charge in [-0.2, -0.15) is 5.10 Å². The van der Waals surface area contributed by atoms with Crippen LogP contribution in [-0.2, 0) is 0 Å². The molecule has 0 bridgehead atoms. The molecular formula is C18H12F5N3O2. The highest BCUT2D eigenvalue weighted by Gasteiger charge is 2.25. The number of nitrogens with one attached hydrogen (secondary N) is 1. The lowest BCUT2D eigenvalue weighted by molar-refractivity contribution is 0.0739. The molecule has 1 atom stereocenters. The van der Waals surface area contributed by atoms with Crippen LogP contribution in [0, 0.1) is 29.1 Å². The minimum atomic E-state index is -1.71. The van der Waals surface area contributed by atoms with Gasteiger partial charge < -0.3 is 4.90 Å². The maximum Gasteiger partial charge on any atom is 0.272 e. The zero-order chi connectivity index (χ0) is 20.7. The third-order valence-corrected chi connectivity index (χ3v) is 4.39. The maximum absolute atomic E-state index is 13.7. The Hall–Kier alpha value is -3.30. The van der Waals surface area contributed by atoms with Crippen molar-refractivity contribution in [3.05, 3.63) is 75.0 Å². The number of H-pyrrole nitrogens is 1. The second-order valence-electron chi connectivity index (χ2n) is 6.10. The highest BCUT2D eigenvalue weighted by atomic mass is 19.2. The Morgan fingerprint density at radius 1 is 0.964 bits per heavy atom. The highest BCUT2D eigenvalue weighted by Crippen LogP contribution is 2.26. The lowest BCUT2D eigenvalue weighted by Gasteiger charge is -2.25. The van der Waals surface area contributed by atoms with E-state index in [0.29, 0.717) is 18.2 Å². The van der Waals surface area contributed by atoms with Crippen LogP contribution in [0.3, 0.4) is 0 Å². The molecule has 146 valence electrons. The van der Waals surface area contributed by atoms with E-state index in [0.717, 1.165) is 11.0 Å². The molecule has 0 radical (unpaired) electrons. The predicted octanol–water partition coefficient (Wildman–Crippen LogP) is 3.45. The van der Waals surface area contributed by atoms with Crippen LogP contribution in [-0.4, -0.2) is 28.1 Å². The average Bonchev–Trinajstić information content (AvgIpc) is 2.66. The second-order valence-corrected chi connectivity index (χ2v) is 6.10. The van der Waals surface area contributed by atoms with Gasteiger partial charge in [-0.15, -0.1) is 0 Å². The first-order chi connectivity index (χ1) is 13.1. The first-order valence-electron chi connectivity index (χ1n) is 7.90. The van der Waals surface area contributed by atoms with E-state index in [1.807, 2.05) is 0 Å². The number of fused-ring (bicyclic) bond motifs is 1. The first kappa shape index (κ1) is 19.5. The van der Waals surface area contributed by atoms with Gasteiger partial charge in [0, 0.05) is 18.0 Å². The van der Waals surface area contributed by atoms with Crippen LogP contribution in [0.2, 0.25) is 0 Å².